The summed E-state index contributed by atoms with van der Waals surface area (Å²) in [7, 11) is 0. The first-order valence-corrected chi connectivity index (χ1v) is 9.44. The molecule has 0 radical (unpaired) electrons. The highest BCUT2D eigenvalue weighted by atomic mass is 79.9. The van der Waals surface area contributed by atoms with Gasteiger partial charge in [-0.15, -0.1) is 0 Å². The van der Waals surface area contributed by atoms with E-state index >= 15 is 0 Å². The van der Waals surface area contributed by atoms with Gasteiger partial charge in [0, 0.05) is 27.1 Å². The maximum atomic E-state index is 3.50. The van der Waals surface area contributed by atoms with Crippen molar-refractivity contribution < 1.29 is 0 Å². The fourth-order valence-corrected chi connectivity index (χ4v) is 3.84. The van der Waals surface area contributed by atoms with Gasteiger partial charge >= 0.3 is 0 Å². The van der Waals surface area contributed by atoms with E-state index in [1.807, 2.05) is 0 Å². The Labute approximate surface area is 160 Å². The van der Waals surface area contributed by atoms with Crippen LogP contribution in [-0.4, -0.2) is 4.57 Å². The molecule has 0 amide bonds. The summed E-state index contributed by atoms with van der Waals surface area (Å²) in [5, 5.41) is 3.82. The van der Waals surface area contributed by atoms with E-state index in [-0.39, 0.29) is 0 Å². The van der Waals surface area contributed by atoms with Crippen molar-refractivity contribution in [3.05, 3.63) is 102 Å². The van der Waals surface area contributed by atoms with Crippen LogP contribution in [0, 0.1) is 0 Å². The Hall–Kier alpha value is -2.84. The molecular weight excluding hydrogens is 382 g/mol. The minimum Gasteiger partial charge on any atom is -0.316 e. The van der Waals surface area contributed by atoms with Gasteiger partial charge in [-0.1, -0.05) is 76.6 Å². The highest BCUT2D eigenvalue weighted by molar-refractivity contribution is 9.10. The lowest BCUT2D eigenvalue weighted by atomic mass is 10.1. The van der Waals surface area contributed by atoms with Crippen LogP contribution in [0.5, 0.6) is 0 Å². The van der Waals surface area contributed by atoms with Gasteiger partial charge in [0.1, 0.15) is 0 Å². The zero-order valence-electron chi connectivity index (χ0n) is 14.1. The molecule has 5 aromatic rings. The predicted molar refractivity (Wildman–Crippen MR) is 114 cm³/mol. The number of nitrogens with zero attached hydrogens (tertiary/aromatic N) is 1. The van der Waals surface area contributed by atoms with Crippen LogP contribution < -0.4 is 0 Å². The Kier molecular flexibility index (Phi) is 3.65. The molecule has 2 heteroatoms. The summed E-state index contributed by atoms with van der Waals surface area (Å²) < 4.78 is 3.38. The van der Waals surface area contributed by atoms with E-state index in [9.17, 15) is 0 Å². The molecule has 4 aromatic carbocycles. The Morgan fingerprint density at radius 3 is 2.00 bits per heavy atom. The highest BCUT2D eigenvalue weighted by Gasteiger charge is 2.07. The first kappa shape index (κ1) is 15.4. The summed E-state index contributed by atoms with van der Waals surface area (Å²) in [6.07, 6.45) is 2.16. The van der Waals surface area contributed by atoms with Crippen LogP contribution in [0.2, 0.25) is 0 Å². The molecule has 0 aliphatic carbocycles. The van der Waals surface area contributed by atoms with Gasteiger partial charge in [0.05, 0.1) is 5.52 Å². The number of rotatable bonds is 2. The lowest BCUT2D eigenvalue weighted by molar-refractivity contribution is 1.13. The number of hydrogen-bond acceptors (Lipinski definition) is 0. The van der Waals surface area contributed by atoms with Crippen molar-refractivity contribution in [2.75, 3.05) is 0 Å². The van der Waals surface area contributed by atoms with E-state index in [2.05, 4.69) is 118 Å². The molecule has 0 atom stereocenters. The zero-order valence-corrected chi connectivity index (χ0v) is 15.6. The van der Waals surface area contributed by atoms with Gasteiger partial charge in [0.25, 0.3) is 0 Å². The lowest BCUT2D eigenvalue weighted by Gasteiger charge is -2.10. The van der Waals surface area contributed by atoms with Crippen molar-refractivity contribution in [3.8, 4) is 16.8 Å². The summed E-state index contributed by atoms with van der Waals surface area (Å²) in [6, 6.07) is 32.3. The first-order valence-electron chi connectivity index (χ1n) is 8.65. The second-order valence-electron chi connectivity index (χ2n) is 6.46. The third-order valence-corrected chi connectivity index (χ3v) is 5.43. The summed E-state index contributed by atoms with van der Waals surface area (Å²) in [6.45, 7) is 0. The molecule has 0 bridgehead atoms. The molecule has 0 N–H and O–H groups in total. The number of fused-ring (bicyclic) bond motifs is 3. The fourth-order valence-electron chi connectivity index (χ4n) is 3.58. The van der Waals surface area contributed by atoms with Crippen LogP contribution in [0.4, 0.5) is 0 Å². The molecule has 5 rings (SSSR count). The maximum Gasteiger partial charge on any atom is 0.0606 e. The minimum absolute atomic E-state index is 1.10. The number of aromatic nitrogens is 1. The second-order valence-corrected chi connectivity index (χ2v) is 7.38. The summed E-state index contributed by atoms with van der Waals surface area (Å²) >= 11 is 3.50. The van der Waals surface area contributed by atoms with Crippen molar-refractivity contribution in [1.29, 1.82) is 0 Å². The second kappa shape index (κ2) is 6.15. The third kappa shape index (κ3) is 2.54. The summed E-state index contributed by atoms with van der Waals surface area (Å²) in [5.74, 6) is 0. The number of hydrogen-bond donors (Lipinski definition) is 0. The van der Waals surface area contributed by atoms with E-state index in [1.165, 1.54) is 38.5 Å². The fraction of sp³-hybridized carbons (Fsp3) is 0. The van der Waals surface area contributed by atoms with E-state index < -0.39 is 0 Å². The summed E-state index contributed by atoms with van der Waals surface area (Å²) in [5.41, 5.74) is 4.89. The van der Waals surface area contributed by atoms with E-state index in [1.54, 1.807) is 0 Å². The van der Waals surface area contributed by atoms with Gasteiger partial charge in [-0.3, -0.25) is 0 Å². The molecule has 1 aromatic heterocycles. The topological polar surface area (TPSA) is 4.93 Å². The molecule has 0 saturated heterocycles. The molecule has 0 aliphatic rings. The van der Waals surface area contributed by atoms with Crippen LogP contribution in [0.15, 0.2) is 102 Å². The smallest absolute Gasteiger partial charge is 0.0606 e. The van der Waals surface area contributed by atoms with Crippen LogP contribution in [0.3, 0.4) is 0 Å². The van der Waals surface area contributed by atoms with E-state index in [0.29, 0.717) is 0 Å². The molecule has 0 fully saturated rings. The molecule has 1 nitrogen and oxygen atoms in total. The van der Waals surface area contributed by atoms with Crippen LogP contribution in [0.1, 0.15) is 0 Å². The summed E-state index contributed by atoms with van der Waals surface area (Å²) in [4.78, 5) is 0. The molecule has 0 saturated carbocycles. The van der Waals surface area contributed by atoms with E-state index in [4.69, 9.17) is 0 Å². The Morgan fingerprint density at radius 2 is 1.23 bits per heavy atom. The number of halogens is 1. The molecule has 0 aliphatic heterocycles. The number of benzene rings is 4. The quantitative estimate of drug-likeness (QED) is 0.296. The van der Waals surface area contributed by atoms with Gasteiger partial charge in [-0.2, -0.15) is 0 Å². The van der Waals surface area contributed by atoms with Crippen molar-refractivity contribution in [1.82, 2.24) is 4.57 Å². The Balaban J connectivity index is 1.64. The SMILES string of the molecule is Brc1ccc(-c2ccc(-n3ccc4ccc5ccccc5c43)cc2)cc1. The average molecular weight is 398 g/mol. The normalized spacial score (nSPS) is 11.3. The van der Waals surface area contributed by atoms with Crippen molar-refractivity contribution in [2.45, 2.75) is 0 Å². The monoisotopic (exact) mass is 397 g/mol. The zero-order chi connectivity index (χ0) is 17.5. The molecule has 26 heavy (non-hydrogen) atoms. The highest BCUT2D eigenvalue weighted by Crippen LogP contribution is 2.30. The van der Waals surface area contributed by atoms with Gasteiger partial charge in [0.15, 0.2) is 0 Å². The van der Waals surface area contributed by atoms with Crippen molar-refractivity contribution in [3.63, 3.8) is 0 Å². The standard InChI is InChI=1S/C24H16BrN/c25-21-11-7-17(8-12-21)18-9-13-22(14-10-18)26-16-15-20-6-5-19-3-1-2-4-23(19)24(20)26/h1-16H. The van der Waals surface area contributed by atoms with Gasteiger partial charge in [0.2, 0.25) is 0 Å². The molecule has 1 heterocycles. The predicted octanol–water partition coefficient (Wildman–Crippen LogP) is 7.21. The maximum absolute atomic E-state index is 3.50. The van der Waals surface area contributed by atoms with Gasteiger partial charge in [-0.05, 0) is 46.8 Å². The third-order valence-electron chi connectivity index (χ3n) is 4.90. The average Bonchev–Trinajstić information content (AvgIpc) is 3.13. The van der Waals surface area contributed by atoms with Gasteiger partial charge < -0.3 is 4.57 Å². The molecule has 0 unspecified atom stereocenters. The van der Waals surface area contributed by atoms with Crippen LogP contribution in [-0.2, 0) is 0 Å². The van der Waals surface area contributed by atoms with E-state index in [0.717, 1.165) is 4.47 Å². The lowest BCUT2D eigenvalue weighted by Crippen LogP contribution is -1.92. The van der Waals surface area contributed by atoms with Crippen molar-refractivity contribution in [2.24, 2.45) is 0 Å². The van der Waals surface area contributed by atoms with Gasteiger partial charge in [-0.25, -0.2) is 0 Å². The largest absolute Gasteiger partial charge is 0.316 e. The van der Waals surface area contributed by atoms with Crippen molar-refractivity contribution >= 4 is 37.6 Å². The molecule has 124 valence electrons. The Bertz CT molecular complexity index is 1220. The van der Waals surface area contributed by atoms with Crippen LogP contribution in [0.25, 0.3) is 38.5 Å². The minimum atomic E-state index is 1.10. The molecular formula is C24H16BrN. The Morgan fingerprint density at radius 1 is 0.577 bits per heavy atom. The van der Waals surface area contributed by atoms with Crippen LogP contribution >= 0.6 is 15.9 Å². The molecule has 0 spiro atoms. The first-order chi connectivity index (χ1) is 12.8.